The molecule has 0 radical (unpaired) electrons. The van der Waals surface area contributed by atoms with E-state index in [2.05, 4.69) is 62.2 Å². The molecule has 138 valence electrons. The summed E-state index contributed by atoms with van der Waals surface area (Å²) in [5.41, 5.74) is 6.87. The largest absolute Gasteiger partial charge is 0.493 e. The monoisotopic (exact) mass is 360 g/mol. The molecule has 0 aliphatic carbocycles. The minimum absolute atomic E-state index is 0.0489. The Morgan fingerprint density at radius 1 is 0.852 bits per heavy atom. The minimum Gasteiger partial charge on any atom is -0.493 e. The van der Waals surface area contributed by atoms with Crippen LogP contribution in [-0.4, -0.2) is 23.2 Å². The number of H-pyrrole nitrogens is 1. The van der Waals surface area contributed by atoms with Gasteiger partial charge in [0, 0.05) is 29.4 Å². The van der Waals surface area contributed by atoms with E-state index in [-0.39, 0.29) is 5.41 Å². The van der Waals surface area contributed by atoms with Gasteiger partial charge in [-0.3, -0.25) is 0 Å². The number of benzene rings is 2. The average Bonchev–Trinajstić information content (AvgIpc) is 3.37. The van der Waals surface area contributed by atoms with Gasteiger partial charge < -0.3 is 14.5 Å². The lowest BCUT2D eigenvalue weighted by molar-refractivity contribution is 0.356. The Hall–Kier alpha value is -2.75. The fourth-order valence-electron chi connectivity index (χ4n) is 3.82. The van der Waals surface area contributed by atoms with Crippen molar-refractivity contribution < 1.29 is 9.47 Å². The summed E-state index contributed by atoms with van der Waals surface area (Å²) in [6.45, 7) is 8.10. The van der Waals surface area contributed by atoms with E-state index in [4.69, 9.17) is 14.5 Å². The molecule has 27 heavy (non-hydrogen) atoms. The third-order valence-corrected chi connectivity index (χ3v) is 5.36. The third kappa shape index (κ3) is 2.80. The van der Waals surface area contributed by atoms with Crippen molar-refractivity contribution in [1.82, 2.24) is 9.97 Å². The lowest BCUT2D eigenvalue weighted by Gasteiger charge is -2.14. The first kappa shape index (κ1) is 16.4. The highest BCUT2D eigenvalue weighted by atomic mass is 16.5. The Bertz CT molecular complexity index is 952. The van der Waals surface area contributed by atoms with Crippen molar-refractivity contribution in [1.29, 1.82) is 0 Å². The zero-order valence-corrected chi connectivity index (χ0v) is 16.1. The number of fused-ring (bicyclic) bond motifs is 2. The van der Waals surface area contributed by atoms with Gasteiger partial charge in [-0.2, -0.15) is 0 Å². The van der Waals surface area contributed by atoms with Crippen molar-refractivity contribution in [3.63, 3.8) is 0 Å². The van der Waals surface area contributed by atoms with Crippen LogP contribution < -0.4 is 9.47 Å². The Kier molecular flexibility index (Phi) is 3.58. The molecule has 4 heteroatoms. The Morgan fingerprint density at radius 3 is 2.07 bits per heavy atom. The van der Waals surface area contributed by atoms with Crippen molar-refractivity contribution in [2.45, 2.75) is 39.0 Å². The topological polar surface area (TPSA) is 47.1 Å². The van der Waals surface area contributed by atoms with Gasteiger partial charge in [0.05, 0.1) is 24.6 Å². The smallest absolute Gasteiger partial charge is 0.122 e. The van der Waals surface area contributed by atoms with Gasteiger partial charge in [0.25, 0.3) is 0 Å². The van der Waals surface area contributed by atoms with Crippen molar-refractivity contribution in [2.24, 2.45) is 0 Å². The van der Waals surface area contributed by atoms with E-state index >= 15 is 0 Å². The van der Waals surface area contributed by atoms with Crippen molar-refractivity contribution in [3.8, 4) is 34.0 Å². The maximum Gasteiger partial charge on any atom is 0.122 e. The number of nitrogens with zero attached hydrogens (tertiary/aromatic N) is 1. The van der Waals surface area contributed by atoms with E-state index < -0.39 is 0 Å². The molecule has 0 saturated carbocycles. The fourth-order valence-corrected chi connectivity index (χ4v) is 3.82. The first-order valence-corrected chi connectivity index (χ1v) is 9.62. The van der Waals surface area contributed by atoms with Gasteiger partial charge in [-0.05, 0) is 47.5 Å². The molecule has 0 amide bonds. The molecule has 1 N–H and O–H groups in total. The van der Waals surface area contributed by atoms with Crippen LogP contribution in [0.15, 0.2) is 36.4 Å². The van der Waals surface area contributed by atoms with Gasteiger partial charge in [-0.25, -0.2) is 4.98 Å². The Morgan fingerprint density at radius 2 is 1.44 bits per heavy atom. The second kappa shape index (κ2) is 5.88. The highest BCUT2D eigenvalue weighted by Crippen LogP contribution is 2.38. The normalized spacial score (nSPS) is 15.2. The Balaban J connectivity index is 1.67. The number of nitrogens with one attached hydrogen (secondary N) is 1. The van der Waals surface area contributed by atoms with Gasteiger partial charge in [-0.15, -0.1) is 0 Å². The molecule has 3 aromatic rings. The van der Waals surface area contributed by atoms with Crippen LogP contribution in [0.3, 0.4) is 0 Å². The van der Waals surface area contributed by atoms with Gasteiger partial charge >= 0.3 is 0 Å². The van der Waals surface area contributed by atoms with Crippen LogP contribution in [0.25, 0.3) is 22.5 Å². The van der Waals surface area contributed by atoms with Crippen molar-refractivity contribution in [3.05, 3.63) is 53.3 Å². The summed E-state index contributed by atoms with van der Waals surface area (Å²) < 4.78 is 11.3. The first-order valence-electron chi connectivity index (χ1n) is 9.62. The molecule has 1 aromatic heterocycles. The molecule has 3 heterocycles. The molecule has 0 spiro atoms. The highest BCUT2D eigenvalue weighted by Gasteiger charge is 2.24. The molecule has 0 fully saturated rings. The fraction of sp³-hybridized carbons (Fsp3) is 0.348. The zero-order chi connectivity index (χ0) is 18.6. The molecule has 2 aliphatic heterocycles. The summed E-state index contributed by atoms with van der Waals surface area (Å²) >= 11 is 0. The molecule has 2 aliphatic rings. The van der Waals surface area contributed by atoms with E-state index in [0.29, 0.717) is 0 Å². The lowest BCUT2D eigenvalue weighted by Crippen LogP contribution is -2.13. The second-order valence-electron chi connectivity index (χ2n) is 8.40. The molecule has 2 aromatic carbocycles. The van der Waals surface area contributed by atoms with Crippen LogP contribution in [0.4, 0.5) is 0 Å². The van der Waals surface area contributed by atoms with Crippen LogP contribution in [0.2, 0.25) is 0 Å². The van der Waals surface area contributed by atoms with Gasteiger partial charge in [0.15, 0.2) is 0 Å². The summed E-state index contributed by atoms with van der Waals surface area (Å²) in [6.07, 6.45) is 1.93. The highest BCUT2D eigenvalue weighted by molar-refractivity contribution is 5.80. The first-order chi connectivity index (χ1) is 13.0. The second-order valence-corrected chi connectivity index (χ2v) is 8.40. The number of aromatic amines is 1. The number of hydrogen-bond acceptors (Lipinski definition) is 3. The van der Waals surface area contributed by atoms with Crippen molar-refractivity contribution in [2.75, 3.05) is 13.2 Å². The molecule has 0 saturated heterocycles. The molecule has 5 rings (SSSR count). The predicted molar refractivity (Wildman–Crippen MR) is 107 cm³/mol. The van der Waals surface area contributed by atoms with Crippen LogP contribution in [0.1, 0.15) is 37.7 Å². The zero-order valence-electron chi connectivity index (χ0n) is 16.1. The van der Waals surface area contributed by atoms with Crippen LogP contribution in [-0.2, 0) is 18.3 Å². The summed E-state index contributed by atoms with van der Waals surface area (Å²) in [7, 11) is 0. The minimum atomic E-state index is -0.0489. The van der Waals surface area contributed by atoms with E-state index in [1.807, 2.05) is 0 Å². The summed E-state index contributed by atoms with van der Waals surface area (Å²) in [4.78, 5) is 8.63. The molecule has 0 bridgehead atoms. The molecule has 0 unspecified atom stereocenters. The third-order valence-electron chi connectivity index (χ3n) is 5.36. The molecular formula is C23H24N2O2. The number of aromatic nitrogens is 2. The van der Waals surface area contributed by atoms with E-state index in [0.717, 1.165) is 65.9 Å². The quantitative estimate of drug-likeness (QED) is 0.706. The maximum atomic E-state index is 5.67. The molecule has 0 atom stereocenters. The van der Waals surface area contributed by atoms with Gasteiger partial charge in [0.2, 0.25) is 0 Å². The van der Waals surface area contributed by atoms with Crippen LogP contribution >= 0.6 is 0 Å². The predicted octanol–water partition coefficient (Wildman–Crippen LogP) is 4.91. The van der Waals surface area contributed by atoms with Gasteiger partial charge in [-0.1, -0.05) is 20.8 Å². The number of imidazole rings is 1. The molecule has 4 nitrogen and oxygen atoms in total. The summed E-state index contributed by atoms with van der Waals surface area (Å²) in [5.74, 6) is 3.01. The number of rotatable bonds is 2. The number of hydrogen-bond donors (Lipinski definition) is 1. The maximum absolute atomic E-state index is 5.67. The number of ether oxygens (including phenoxy) is 2. The lowest BCUT2D eigenvalue weighted by atomic mass is 9.96. The van der Waals surface area contributed by atoms with Crippen LogP contribution in [0.5, 0.6) is 11.5 Å². The SMILES string of the molecule is CC(C)(C)c1nc(-c2ccc3c(c2)CCO3)c(-c2ccc3c(c2)CCO3)[nH]1. The van der Waals surface area contributed by atoms with E-state index in [9.17, 15) is 0 Å². The van der Waals surface area contributed by atoms with Crippen molar-refractivity contribution >= 4 is 0 Å². The summed E-state index contributed by atoms with van der Waals surface area (Å²) in [5, 5.41) is 0. The van der Waals surface area contributed by atoms with Crippen LogP contribution in [0, 0.1) is 0 Å². The Labute approximate surface area is 159 Å². The van der Waals surface area contributed by atoms with Gasteiger partial charge in [0.1, 0.15) is 17.3 Å². The summed E-state index contributed by atoms with van der Waals surface area (Å²) in [6, 6.07) is 12.9. The standard InChI is InChI=1S/C23H24N2O2/c1-23(2,3)22-24-20(16-4-6-18-14(12-16)8-10-26-18)21(25-22)17-5-7-19-15(13-17)9-11-27-19/h4-7,12-13H,8-11H2,1-3H3,(H,24,25). The average molecular weight is 360 g/mol. The van der Waals surface area contributed by atoms with E-state index in [1.165, 1.54) is 11.1 Å². The van der Waals surface area contributed by atoms with E-state index in [1.54, 1.807) is 0 Å². The molecular weight excluding hydrogens is 336 g/mol.